The minimum absolute atomic E-state index is 0.575. The van der Waals surface area contributed by atoms with Crippen molar-refractivity contribution in [3.05, 3.63) is 40.6 Å². The summed E-state index contributed by atoms with van der Waals surface area (Å²) in [5.41, 5.74) is 6.55. The first kappa shape index (κ1) is 14.2. The van der Waals surface area contributed by atoms with Gasteiger partial charge in [-0.25, -0.2) is 4.68 Å². The van der Waals surface area contributed by atoms with E-state index >= 15 is 0 Å². The maximum absolute atomic E-state index is 4.97. The second kappa shape index (κ2) is 5.55. The van der Waals surface area contributed by atoms with Crippen molar-refractivity contribution in [2.75, 3.05) is 11.9 Å². The fourth-order valence-corrected chi connectivity index (χ4v) is 3.25. The Bertz CT molecular complexity index is 651. The normalized spacial score (nSPS) is 13.6. The molecule has 0 aliphatic carbocycles. The highest BCUT2D eigenvalue weighted by atomic mass is 15.3. The van der Waals surface area contributed by atoms with Gasteiger partial charge in [-0.1, -0.05) is 19.9 Å². The fourth-order valence-electron chi connectivity index (χ4n) is 3.25. The predicted octanol–water partition coefficient (Wildman–Crippen LogP) is 4.36. The molecular weight excluding hydrogens is 258 g/mol. The van der Waals surface area contributed by atoms with E-state index in [1.54, 1.807) is 0 Å². The predicted molar refractivity (Wildman–Crippen MR) is 88.6 cm³/mol. The summed E-state index contributed by atoms with van der Waals surface area (Å²) in [5, 5.41) is 8.49. The Kier molecular flexibility index (Phi) is 3.75. The van der Waals surface area contributed by atoms with Gasteiger partial charge in [0.05, 0.1) is 11.4 Å². The lowest BCUT2D eigenvalue weighted by Crippen LogP contribution is -2.07. The van der Waals surface area contributed by atoms with Crippen LogP contribution in [-0.4, -0.2) is 16.3 Å². The Hall–Kier alpha value is -1.77. The van der Waals surface area contributed by atoms with E-state index in [0.717, 1.165) is 25.8 Å². The highest BCUT2D eigenvalue weighted by molar-refractivity contribution is 5.58. The standard InChI is InChI=1S/C18H25N3/c1-5-14(6-2)17-16-9-10-19-18(16)21(20-17)15-8-7-12(3)13(4)11-15/h7-8,11,14,19H,5-6,9-10H2,1-4H3. The zero-order valence-corrected chi connectivity index (χ0v) is 13.5. The quantitative estimate of drug-likeness (QED) is 0.903. The summed E-state index contributed by atoms with van der Waals surface area (Å²) < 4.78 is 2.11. The van der Waals surface area contributed by atoms with Gasteiger partial charge < -0.3 is 5.32 Å². The number of aromatic nitrogens is 2. The second-order valence-electron chi connectivity index (χ2n) is 6.08. The number of rotatable bonds is 4. The molecule has 1 N–H and O–H groups in total. The average molecular weight is 283 g/mol. The smallest absolute Gasteiger partial charge is 0.133 e. The van der Waals surface area contributed by atoms with Crippen LogP contribution in [0.2, 0.25) is 0 Å². The van der Waals surface area contributed by atoms with Crippen molar-refractivity contribution in [3.63, 3.8) is 0 Å². The molecule has 21 heavy (non-hydrogen) atoms. The molecule has 3 heteroatoms. The summed E-state index contributed by atoms with van der Waals surface area (Å²) in [6, 6.07) is 6.59. The van der Waals surface area contributed by atoms with E-state index in [4.69, 9.17) is 5.10 Å². The molecule has 2 heterocycles. The van der Waals surface area contributed by atoms with Crippen LogP contribution in [0, 0.1) is 13.8 Å². The van der Waals surface area contributed by atoms with Gasteiger partial charge >= 0.3 is 0 Å². The van der Waals surface area contributed by atoms with Gasteiger partial charge in [-0.3, -0.25) is 0 Å². The largest absolute Gasteiger partial charge is 0.369 e. The lowest BCUT2D eigenvalue weighted by molar-refractivity contribution is 0.607. The average Bonchev–Trinajstić information content (AvgIpc) is 3.07. The van der Waals surface area contributed by atoms with Gasteiger partial charge in [-0.15, -0.1) is 0 Å². The van der Waals surface area contributed by atoms with E-state index in [1.807, 2.05) is 0 Å². The van der Waals surface area contributed by atoms with Gasteiger partial charge in [0.2, 0.25) is 0 Å². The molecule has 0 unspecified atom stereocenters. The number of aryl methyl sites for hydroxylation is 2. The number of nitrogens with one attached hydrogen (secondary N) is 1. The SMILES string of the molecule is CCC(CC)c1nn(-c2ccc(C)c(C)c2)c2c1CCN2. The molecule has 3 nitrogen and oxygen atoms in total. The monoisotopic (exact) mass is 283 g/mol. The van der Waals surface area contributed by atoms with Crippen molar-refractivity contribution < 1.29 is 0 Å². The molecule has 0 saturated carbocycles. The molecule has 1 aromatic carbocycles. The van der Waals surface area contributed by atoms with E-state index in [0.29, 0.717) is 5.92 Å². The molecule has 112 valence electrons. The van der Waals surface area contributed by atoms with Gasteiger partial charge in [0.1, 0.15) is 5.82 Å². The van der Waals surface area contributed by atoms with Crippen LogP contribution < -0.4 is 5.32 Å². The van der Waals surface area contributed by atoms with Crippen LogP contribution in [0.4, 0.5) is 5.82 Å². The third-order valence-electron chi connectivity index (χ3n) is 4.79. The van der Waals surface area contributed by atoms with E-state index < -0.39 is 0 Å². The summed E-state index contributed by atoms with van der Waals surface area (Å²) in [6.07, 6.45) is 3.42. The van der Waals surface area contributed by atoms with Gasteiger partial charge in [0.25, 0.3) is 0 Å². The first-order valence-electron chi connectivity index (χ1n) is 8.09. The van der Waals surface area contributed by atoms with E-state index in [2.05, 4.69) is 55.9 Å². The number of nitrogens with zero attached hydrogens (tertiary/aromatic N) is 2. The maximum Gasteiger partial charge on any atom is 0.133 e. The Labute approximate surface area is 127 Å². The Morgan fingerprint density at radius 1 is 1.19 bits per heavy atom. The number of hydrogen-bond donors (Lipinski definition) is 1. The van der Waals surface area contributed by atoms with Crippen molar-refractivity contribution in [1.82, 2.24) is 9.78 Å². The summed E-state index contributed by atoms with van der Waals surface area (Å²) in [7, 11) is 0. The van der Waals surface area contributed by atoms with Gasteiger partial charge in [0.15, 0.2) is 0 Å². The minimum atomic E-state index is 0.575. The molecule has 1 aliphatic rings. The van der Waals surface area contributed by atoms with Gasteiger partial charge in [-0.05, 0) is 56.4 Å². The van der Waals surface area contributed by atoms with Gasteiger partial charge in [0, 0.05) is 18.0 Å². The van der Waals surface area contributed by atoms with Crippen LogP contribution in [0.25, 0.3) is 5.69 Å². The molecule has 0 atom stereocenters. The summed E-state index contributed by atoms with van der Waals surface area (Å²) in [6.45, 7) is 9.87. The zero-order valence-electron chi connectivity index (χ0n) is 13.5. The zero-order chi connectivity index (χ0) is 15.0. The lowest BCUT2D eigenvalue weighted by Gasteiger charge is -2.11. The van der Waals surface area contributed by atoms with Gasteiger partial charge in [-0.2, -0.15) is 5.10 Å². The van der Waals surface area contributed by atoms with E-state index in [-0.39, 0.29) is 0 Å². The number of anilines is 1. The minimum Gasteiger partial charge on any atom is -0.369 e. The highest BCUT2D eigenvalue weighted by Gasteiger charge is 2.26. The van der Waals surface area contributed by atoms with Crippen LogP contribution >= 0.6 is 0 Å². The Morgan fingerprint density at radius 2 is 1.95 bits per heavy atom. The number of benzene rings is 1. The van der Waals surface area contributed by atoms with Crippen LogP contribution in [-0.2, 0) is 6.42 Å². The second-order valence-corrected chi connectivity index (χ2v) is 6.08. The lowest BCUT2D eigenvalue weighted by atomic mass is 9.96. The van der Waals surface area contributed by atoms with Crippen molar-refractivity contribution in [1.29, 1.82) is 0 Å². The molecule has 0 saturated heterocycles. The molecule has 1 aliphatic heterocycles. The summed E-state index contributed by atoms with van der Waals surface area (Å²) >= 11 is 0. The van der Waals surface area contributed by atoms with Crippen LogP contribution in [0.3, 0.4) is 0 Å². The van der Waals surface area contributed by atoms with E-state index in [1.165, 1.54) is 33.9 Å². The highest BCUT2D eigenvalue weighted by Crippen LogP contribution is 2.35. The molecule has 1 aromatic heterocycles. The molecule has 0 spiro atoms. The van der Waals surface area contributed by atoms with Crippen LogP contribution in [0.1, 0.15) is 55.0 Å². The van der Waals surface area contributed by atoms with Crippen molar-refractivity contribution >= 4 is 5.82 Å². The Balaban J connectivity index is 2.11. The number of fused-ring (bicyclic) bond motifs is 1. The van der Waals surface area contributed by atoms with Crippen molar-refractivity contribution in [2.45, 2.75) is 52.9 Å². The summed E-state index contributed by atoms with van der Waals surface area (Å²) in [4.78, 5) is 0. The molecule has 0 bridgehead atoms. The number of hydrogen-bond acceptors (Lipinski definition) is 2. The van der Waals surface area contributed by atoms with Crippen molar-refractivity contribution in [2.24, 2.45) is 0 Å². The van der Waals surface area contributed by atoms with Crippen LogP contribution in [0.5, 0.6) is 0 Å². The molecule has 0 amide bonds. The third-order valence-corrected chi connectivity index (χ3v) is 4.79. The fraction of sp³-hybridized carbons (Fsp3) is 0.500. The first-order chi connectivity index (χ1) is 10.2. The molecular formula is C18H25N3. The summed E-state index contributed by atoms with van der Waals surface area (Å²) in [5.74, 6) is 1.78. The topological polar surface area (TPSA) is 29.9 Å². The molecule has 2 aromatic rings. The first-order valence-corrected chi connectivity index (χ1v) is 8.09. The van der Waals surface area contributed by atoms with Crippen LogP contribution in [0.15, 0.2) is 18.2 Å². The molecule has 0 radical (unpaired) electrons. The maximum atomic E-state index is 4.97. The Morgan fingerprint density at radius 3 is 2.62 bits per heavy atom. The van der Waals surface area contributed by atoms with E-state index in [9.17, 15) is 0 Å². The molecule has 0 fully saturated rings. The third kappa shape index (κ3) is 2.35. The molecule has 3 rings (SSSR count). The van der Waals surface area contributed by atoms with Crippen molar-refractivity contribution in [3.8, 4) is 5.69 Å².